The second kappa shape index (κ2) is 9.23. The number of aryl methyl sites for hydroxylation is 1. The Morgan fingerprint density at radius 3 is 2.88 bits per heavy atom. The number of carbonyl (C=O) groups is 1. The van der Waals surface area contributed by atoms with Crippen LogP contribution in [0.3, 0.4) is 0 Å². The number of hydrogen-bond donors (Lipinski definition) is 2. The van der Waals surface area contributed by atoms with Crippen molar-refractivity contribution in [3.05, 3.63) is 59.6 Å². The minimum atomic E-state index is -0.822. The van der Waals surface area contributed by atoms with Crippen LogP contribution in [-0.4, -0.2) is 54.3 Å². The Labute approximate surface area is 202 Å². The van der Waals surface area contributed by atoms with E-state index in [1.807, 2.05) is 25.1 Å². The molecule has 0 spiro atoms. The number of furan rings is 1. The molecule has 6 nitrogen and oxygen atoms in total. The SMILES string of the molecule is COc1cccc([C@@]23CCN(CC4CC4)C[C@@]2(O)CC[C@H](NC(=O)C=Cc2ccoc2C)C3)c1. The molecule has 34 heavy (non-hydrogen) atoms. The molecule has 1 amide bonds. The molecule has 1 aromatic carbocycles. The zero-order valence-corrected chi connectivity index (χ0v) is 20.3. The number of hydrogen-bond acceptors (Lipinski definition) is 5. The van der Waals surface area contributed by atoms with E-state index in [9.17, 15) is 9.90 Å². The van der Waals surface area contributed by atoms with Crippen molar-refractivity contribution in [1.29, 1.82) is 0 Å². The van der Waals surface area contributed by atoms with Crippen LogP contribution in [0.15, 0.2) is 47.1 Å². The van der Waals surface area contributed by atoms with Crippen molar-refractivity contribution in [2.24, 2.45) is 5.92 Å². The summed E-state index contributed by atoms with van der Waals surface area (Å²) in [4.78, 5) is 15.2. The number of benzene rings is 1. The summed E-state index contributed by atoms with van der Waals surface area (Å²) in [5, 5.41) is 15.4. The minimum absolute atomic E-state index is 0.00375. The van der Waals surface area contributed by atoms with Gasteiger partial charge in [-0.15, -0.1) is 0 Å². The molecule has 2 saturated carbocycles. The first kappa shape index (κ1) is 23.2. The van der Waals surface area contributed by atoms with Crippen LogP contribution in [0.5, 0.6) is 5.75 Å². The van der Waals surface area contributed by atoms with Gasteiger partial charge < -0.3 is 24.5 Å². The van der Waals surface area contributed by atoms with E-state index in [0.29, 0.717) is 13.0 Å². The van der Waals surface area contributed by atoms with Crippen LogP contribution in [0.4, 0.5) is 0 Å². The topological polar surface area (TPSA) is 74.9 Å². The Kier molecular flexibility index (Phi) is 6.30. The van der Waals surface area contributed by atoms with E-state index in [4.69, 9.17) is 9.15 Å². The molecule has 2 heterocycles. The van der Waals surface area contributed by atoms with Gasteiger partial charge in [0.25, 0.3) is 0 Å². The summed E-state index contributed by atoms with van der Waals surface area (Å²) < 4.78 is 10.8. The van der Waals surface area contributed by atoms with Crippen LogP contribution in [0.1, 0.15) is 55.4 Å². The third-order valence-electron chi connectivity index (χ3n) is 8.23. The van der Waals surface area contributed by atoms with Gasteiger partial charge in [-0.25, -0.2) is 0 Å². The summed E-state index contributed by atoms with van der Waals surface area (Å²) in [6.07, 6.45) is 10.7. The van der Waals surface area contributed by atoms with Crippen molar-refractivity contribution in [2.75, 3.05) is 26.7 Å². The zero-order chi connectivity index (χ0) is 23.8. The van der Waals surface area contributed by atoms with Crippen LogP contribution in [0.25, 0.3) is 6.08 Å². The second-order valence-corrected chi connectivity index (χ2v) is 10.5. The summed E-state index contributed by atoms with van der Waals surface area (Å²) in [5.74, 6) is 2.29. The Morgan fingerprint density at radius 1 is 1.29 bits per heavy atom. The van der Waals surface area contributed by atoms with Crippen molar-refractivity contribution < 1.29 is 19.1 Å². The van der Waals surface area contributed by atoms with E-state index < -0.39 is 11.0 Å². The smallest absolute Gasteiger partial charge is 0.244 e. The normalized spacial score (nSPS) is 29.7. The number of carbonyl (C=O) groups excluding carboxylic acids is 1. The van der Waals surface area contributed by atoms with Gasteiger partial charge in [0.1, 0.15) is 11.5 Å². The van der Waals surface area contributed by atoms with Crippen LogP contribution >= 0.6 is 0 Å². The summed E-state index contributed by atoms with van der Waals surface area (Å²) in [6.45, 7) is 4.64. The quantitative estimate of drug-likeness (QED) is 0.605. The second-order valence-electron chi connectivity index (χ2n) is 10.5. The van der Waals surface area contributed by atoms with Gasteiger partial charge in [-0.2, -0.15) is 0 Å². The van der Waals surface area contributed by atoms with Gasteiger partial charge in [-0.05, 0) is 87.7 Å². The van der Waals surface area contributed by atoms with Crippen LogP contribution in [0, 0.1) is 12.8 Å². The summed E-state index contributed by atoms with van der Waals surface area (Å²) >= 11 is 0. The van der Waals surface area contributed by atoms with Gasteiger partial charge in [-0.1, -0.05) is 12.1 Å². The highest BCUT2D eigenvalue weighted by atomic mass is 16.5. The molecule has 5 rings (SSSR count). The standard InChI is InChI=1S/C28H36N2O4/c1-20-22(11-15-34-20)8-9-26(31)29-24-10-12-28(32)19-30(18-21-6-7-21)14-13-27(28,17-24)23-4-3-5-25(16-23)33-2/h3-5,8-9,11,15-16,21,24,32H,6-7,10,12-14,17-19H2,1-2H3,(H,29,31)/t24-,27-,28-/m0/s1. The number of aliphatic hydroxyl groups is 1. The molecule has 182 valence electrons. The van der Waals surface area contributed by atoms with E-state index in [0.717, 1.165) is 60.9 Å². The number of likely N-dealkylation sites (tertiary alicyclic amines) is 1. The van der Waals surface area contributed by atoms with Crippen LogP contribution < -0.4 is 10.1 Å². The van der Waals surface area contributed by atoms with Crippen LogP contribution in [0.2, 0.25) is 0 Å². The predicted molar refractivity (Wildman–Crippen MR) is 132 cm³/mol. The fourth-order valence-corrected chi connectivity index (χ4v) is 6.11. The Morgan fingerprint density at radius 2 is 2.15 bits per heavy atom. The molecular formula is C28H36N2O4. The molecule has 2 N–H and O–H groups in total. The van der Waals surface area contributed by atoms with Crippen molar-refractivity contribution in [1.82, 2.24) is 10.2 Å². The maximum Gasteiger partial charge on any atom is 0.244 e. The van der Waals surface area contributed by atoms with Crippen molar-refractivity contribution >= 4 is 12.0 Å². The Bertz CT molecular complexity index is 1060. The number of fused-ring (bicyclic) bond motifs is 1. The monoisotopic (exact) mass is 464 g/mol. The predicted octanol–water partition coefficient (Wildman–Crippen LogP) is 4.06. The first-order valence-electron chi connectivity index (χ1n) is 12.5. The van der Waals surface area contributed by atoms with Crippen molar-refractivity contribution in [3.8, 4) is 5.75 Å². The minimum Gasteiger partial charge on any atom is -0.497 e. The molecule has 0 radical (unpaired) electrons. The molecule has 1 aliphatic heterocycles. The number of methoxy groups -OCH3 is 1. The Balaban J connectivity index is 1.37. The highest BCUT2D eigenvalue weighted by molar-refractivity contribution is 5.92. The highest BCUT2D eigenvalue weighted by Gasteiger charge is 2.57. The average molecular weight is 465 g/mol. The van der Waals surface area contributed by atoms with Gasteiger partial charge in [0.15, 0.2) is 0 Å². The van der Waals surface area contributed by atoms with E-state index in [1.54, 1.807) is 25.5 Å². The Hall–Kier alpha value is -2.57. The van der Waals surface area contributed by atoms with E-state index in [-0.39, 0.29) is 11.9 Å². The number of nitrogens with zero attached hydrogens (tertiary/aromatic N) is 1. The summed E-state index contributed by atoms with van der Waals surface area (Å²) in [7, 11) is 1.68. The van der Waals surface area contributed by atoms with E-state index in [2.05, 4.69) is 22.3 Å². The lowest BCUT2D eigenvalue weighted by molar-refractivity contribution is -0.132. The average Bonchev–Trinajstić information content (AvgIpc) is 3.55. The molecule has 1 aromatic heterocycles. The van der Waals surface area contributed by atoms with Gasteiger partial charge in [0.05, 0.1) is 19.0 Å². The lowest BCUT2D eigenvalue weighted by atomic mass is 9.55. The fourth-order valence-electron chi connectivity index (χ4n) is 6.11. The molecular weight excluding hydrogens is 428 g/mol. The highest BCUT2D eigenvalue weighted by Crippen LogP contribution is 2.52. The molecule has 3 aliphatic rings. The summed E-state index contributed by atoms with van der Waals surface area (Å²) in [5.41, 5.74) is 0.785. The zero-order valence-electron chi connectivity index (χ0n) is 20.3. The molecule has 1 saturated heterocycles. The van der Waals surface area contributed by atoms with Crippen LogP contribution in [-0.2, 0) is 10.2 Å². The van der Waals surface area contributed by atoms with Gasteiger partial charge in [-0.3, -0.25) is 4.79 Å². The molecule has 0 unspecified atom stereocenters. The maximum atomic E-state index is 12.8. The molecule has 2 aromatic rings. The van der Waals surface area contributed by atoms with Gasteiger partial charge in [0, 0.05) is 36.2 Å². The molecule has 6 heteroatoms. The lowest BCUT2D eigenvalue weighted by Crippen LogP contribution is -2.67. The van der Waals surface area contributed by atoms with Gasteiger partial charge in [0.2, 0.25) is 5.91 Å². The summed E-state index contributed by atoms with van der Waals surface area (Å²) in [6, 6.07) is 10.0. The molecule has 3 atom stereocenters. The number of rotatable bonds is 7. The number of ether oxygens (including phenoxy) is 1. The van der Waals surface area contributed by atoms with E-state index >= 15 is 0 Å². The number of piperidine rings is 1. The number of amides is 1. The third-order valence-corrected chi connectivity index (χ3v) is 8.23. The number of β-amino-alcohol motifs (C(OH)–C–C–N with tert-alkyl or cyclic N) is 1. The number of nitrogens with one attached hydrogen (secondary N) is 1. The lowest BCUT2D eigenvalue weighted by Gasteiger charge is -2.58. The third kappa shape index (κ3) is 4.53. The maximum absolute atomic E-state index is 12.8. The van der Waals surface area contributed by atoms with Gasteiger partial charge >= 0.3 is 0 Å². The molecule has 3 fully saturated rings. The first-order valence-corrected chi connectivity index (χ1v) is 12.5. The largest absolute Gasteiger partial charge is 0.497 e. The first-order chi connectivity index (χ1) is 16.4. The molecule has 2 aliphatic carbocycles. The van der Waals surface area contributed by atoms with E-state index in [1.165, 1.54) is 12.8 Å². The molecule has 0 bridgehead atoms. The fraction of sp³-hybridized carbons (Fsp3) is 0.536. The van der Waals surface area contributed by atoms with Crippen molar-refractivity contribution in [2.45, 2.75) is 62.5 Å². The van der Waals surface area contributed by atoms with Crippen molar-refractivity contribution in [3.63, 3.8) is 0 Å².